The molecule has 0 bridgehead atoms. The highest BCUT2D eigenvalue weighted by molar-refractivity contribution is 6.32. The number of halogens is 1. The maximum absolute atomic E-state index is 12.4. The smallest absolute Gasteiger partial charge is 0.189 e. The molecule has 0 aromatic heterocycles. The summed E-state index contributed by atoms with van der Waals surface area (Å²) in [5.74, 6) is 0.876. The number of hydrogen-bond acceptors (Lipinski definition) is 5. The van der Waals surface area contributed by atoms with Crippen molar-refractivity contribution >= 4 is 23.5 Å². The minimum atomic E-state index is -0.238. The highest BCUT2D eigenvalue weighted by Gasteiger charge is 2.12. The molecule has 0 saturated carbocycles. The van der Waals surface area contributed by atoms with Crippen molar-refractivity contribution in [2.24, 2.45) is 0 Å². The fourth-order valence-corrected chi connectivity index (χ4v) is 2.33. The van der Waals surface area contributed by atoms with E-state index in [1.165, 1.54) is 33.5 Å². The number of hydrogen-bond donors (Lipinski definition) is 1. The van der Waals surface area contributed by atoms with Gasteiger partial charge >= 0.3 is 0 Å². The second-order valence-corrected chi connectivity index (χ2v) is 5.22. The van der Waals surface area contributed by atoms with E-state index in [2.05, 4.69) is 0 Å². The molecule has 5 nitrogen and oxygen atoms in total. The Balaban J connectivity index is 2.30. The molecule has 0 unspecified atom stereocenters. The fraction of sp³-hybridized carbons (Fsp3) is 0.167. The van der Waals surface area contributed by atoms with Crippen molar-refractivity contribution in [1.29, 1.82) is 0 Å². The Kier molecular flexibility index (Phi) is 5.71. The molecule has 6 heteroatoms. The summed E-state index contributed by atoms with van der Waals surface area (Å²) in [5, 5.41) is 9.86. The topological polar surface area (TPSA) is 65.0 Å². The van der Waals surface area contributed by atoms with E-state index in [-0.39, 0.29) is 22.3 Å². The lowest BCUT2D eigenvalue weighted by atomic mass is 10.1. The molecular formula is C18H17ClO5. The minimum Gasteiger partial charge on any atom is -0.503 e. The summed E-state index contributed by atoms with van der Waals surface area (Å²) in [5.41, 5.74) is 1.03. The molecule has 126 valence electrons. The molecule has 0 aliphatic rings. The SMILES string of the molecule is COc1ccc(C(=O)/C=C/c2cc(Cl)c(O)c(OC)c2)c(OC)c1. The van der Waals surface area contributed by atoms with Crippen LogP contribution in [0.5, 0.6) is 23.0 Å². The maximum atomic E-state index is 12.4. The van der Waals surface area contributed by atoms with E-state index in [1.54, 1.807) is 30.3 Å². The molecule has 0 radical (unpaired) electrons. The molecule has 2 aromatic carbocycles. The zero-order valence-corrected chi connectivity index (χ0v) is 14.3. The van der Waals surface area contributed by atoms with E-state index in [9.17, 15) is 9.90 Å². The monoisotopic (exact) mass is 348 g/mol. The standard InChI is InChI=1S/C18H17ClO5/c1-22-12-5-6-13(16(10-12)23-2)15(20)7-4-11-8-14(19)18(21)17(9-11)24-3/h4-10,21H,1-3H3/b7-4+. The molecular weight excluding hydrogens is 332 g/mol. The highest BCUT2D eigenvalue weighted by Crippen LogP contribution is 2.35. The van der Waals surface area contributed by atoms with E-state index >= 15 is 0 Å². The van der Waals surface area contributed by atoms with Crippen molar-refractivity contribution in [2.75, 3.05) is 21.3 Å². The fourth-order valence-electron chi connectivity index (χ4n) is 2.11. The van der Waals surface area contributed by atoms with Gasteiger partial charge in [0, 0.05) is 6.07 Å². The van der Waals surface area contributed by atoms with Crippen molar-refractivity contribution in [3.05, 3.63) is 52.6 Å². The van der Waals surface area contributed by atoms with Crippen LogP contribution in [0.3, 0.4) is 0 Å². The van der Waals surface area contributed by atoms with Crippen LogP contribution in [-0.4, -0.2) is 32.2 Å². The van der Waals surface area contributed by atoms with Gasteiger partial charge in [-0.05, 0) is 35.9 Å². The Morgan fingerprint density at radius 3 is 2.38 bits per heavy atom. The molecule has 1 N–H and O–H groups in total. The molecule has 0 aliphatic heterocycles. The average molecular weight is 349 g/mol. The lowest BCUT2D eigenvalue weighted by molar-refractivity contribution is 0.104. The molecule has 0 heterocycles. The highest BCUT2D eigenvalue weighted by atomic mass is 35.5. The van der Waals surface area contributed by atoms with Crippen LogP contribution >= 0.6 is 11.6 Å². The second kappa shape index (κ2) is 7.75. The summed E-state index contributed by atoms with van der Waals surface area (Å²) in [6, 6.07) is 8.07. The van der Waals surface area contributed by atoms with Gasteiger partial charge in [0.1, 0.15) is 11.5 Å². The zero-order valence-electron chi connectivity index (χ0n) is 13.5. The molecule has 2 aromatic rings. The summed E-state index contributed by atoms with van der Waals surface area (Å²) in [7, 11) is 4.45. The van der Waals surface area contributed by atoms with E-state index in [1.807, 2.05) is 0 Å². The van der Waals surface area contributed by atoms with Crippen LogP contribution in [0.15, 0.2) is 36.4 Å². The number of phenols is 1. The number of methoxy groups -OCH3 is 3. The van der Waals surface area contributed by atoms with Crippen molar-refractivity contribution in [3.8, 4) is 23.0 Å². The van der Waals surface area contributed by atoms with Crippen LogP contribution in [0.4, 0.5) is 0 Å². The number of benzene rings is 2. The maximum Gasteiger partial charge on any atom is 0.189 e. The Hall–Kier alpha value is -2.66. The van der Waals surface area contributed by atoms with Crippen LogP contribution in [-0.2, 0) is 0 Å². The molecule has 0 saturated heterocycles. The van der Waals surface area contributed by atoms with Gasteiger partial charge in [-0.15, -0.1) is 0 Å². The number of carbonyl (C=O) groups is 1. The zero-order chi connectivity index (χ0) is 17.7. The second-order valence-electron chi connectivity index (χ2n) is 4.82. The number of ketones is 1. The van der Waals surface area contributed by atoms with E-state index in [0.29, 0.717) is 22.6 Å². The number of allylic oxidation sites excluding steroid dienone is 1. The third-order valence-electron chi connectivity index (χ3n) is 3.37. The number of carbonyl (C=O) groups excluding carboxylic acids is 1. The van der Waals surface area contributed by atoms with Gasteiger partial charge in [-0.3, -0.25) is 4.79 Å². The van der Waals surface area contributed by atoms with Crippen molar-refractivity contribution in [1.82, 2.24) is 0 Å². The summed E-state index contributed by atoms with van der Waals surface area (Å²) in [6.07, 6.45) is 2.98. The van der Waals surface area contributed by atoms with E-state index in [0.717, 1.165) is 0 Å². The predicted octanol–water partition coefficient (Wildman–Crippen LogP) is 3.97. The van der Waals surface area contributed by atoms with Gasteiger partial charge in [-0.2, -0.15) is 0 Å². The lowest BCUT2D eigenvalue weighted by Crippen LogP contribution is -1.99. The van der Waals surface area contributed by atoms with Gasteiger partial charge in [-0.25, -0.2) is 0 Å². The van der Waals surface area contributed by atoms with Gasteiger partial charge in [0.05, 0.1) is 31.9 Å². The third kappa shape index (κ3) is 3.81. The number of rotatable bonds is 6. The van der Waals surface area contributed by atoms with Gasteiger partial charge in [0.25, 0.3) is 0 Å². The van der Waals surface area contributed by atoms with Crippen LogP contribution in [0, 0.1) is 0 Å². The molecule has 0 aliphatic carbocycles. The molecule has 0 spiro atoms. The van der Waals surface area contributed by atoms with Crippen molar-refractivity contribution in [2.45, 2.75) is 0 Å². The van der Waals surface area contributed by atoms with Gasteiger partial charge in [0.15, 0.2) is 17.3 Å². The largest absolute Gasteiger partial charge is 0.503 e. The Bertz CT molecular complexity index is 783. The minimum absolute atomic E-state index is 0.139. The molecule has 24 heavy (non-hydrogen) atoms. The lowest BCUT2D eigenvalue weighted by Gasteiger charge is -2.08. The average Bonchev–Trinajstić information content (AvgIpc) is 2.61. The third-order valence-corrected chi connectivity index (χ3v) is 3.66. The molecule has 0 fully saturated rings. The first-order valence-electron chi connectivity index (χ1n) is 7.01. The molecule has 0 amide bonds. The number of ether oxygens (including phenoxy) is 3. The molecule has 2 rings (SSSR count). The Labute approximate surface area is 145 Å². The van der Waals surface area contributed by atoms with Crippen LogP contribution < -0.4 is 14.2 Å². The van der Waals surface area contributed by atoms with Crippen LogP contribution in [0.25, 0.3) is 6.08 Å². The Morgan fingerprint density at radius 1 is 1.04 bits per heavy atom. The van der Waals surface area contributed by atoms with Gasteiger partial charge in [-0.1, -0.05) is 17.7 Å². The first kappa shape index (κ1) is 17.7. The van der Waals surface area contributed by atoms with Crippen LogP contribution in [0.1, 0.15) is 15.9 Å². The van der Waals surface area contributed by atoms with E-state index in [4.69, 9.17) is 25.8 Å². The predicted molar refractivity (Wildman–Crippen MR) is 92.6 cm³/mol. The summed E-state index contributed by atoms with van der Waals surface area (Å²) >= 11 is 5.93. The van der Waals surface area contributed by atoms with Crippen LogP contribution in [0.2, 0.25) is 5.02 Å². The van der Waals surface area contributed by atoms with Gasteiger partial charge in [0.2, 0.25) is 0 Å². The normalized spacial score (nSPS) is 10.7. The summed E-state index contributed by atoms with van der Waals surface area (Å²) in [4.78, 5) is 12.4. The quantitative estimate of drug-likeness (QED) is 0.632. The Morgan fingerprint density at radius 2 is 1.75 bits per heavy atom. The summed E-state index contributed by atoms with van der Waals surface area (Å²) in [6.45, 7) is 0. The first-order valence-corrected chi connectivity index (χ1v) is 7.39. The summed E-state index contributed by atoms with van der Waals surface area (Å²) < 4.78 is 15.4. The first-order chi connectivity index (χ1) is 11.5. The van der Waals surface area contributed by atoms with E-state index < -0.39 is 0 Å². The van der Waals surface area contributed by atoms with Gasteiger partial charge < -0.3 is 19.3 Å². The molecule has 0 atom stereocenters. The number of aromatic hydroxyl groups is 1. The van der Waals surface area contributed by atoms with Crippen molar-refractivity contribution < 1.29 is 24.1 Å². The van der Waals surface area contributed by atoms with Crippen molar-refractivity contribution in [3.63, 3.8) is 0 Å². The number of phenolic OH excluding ortho intramolecular Hbond substituents is 1.